The zero-order chi connectivity index (χ0) is 14.7. The van der Waals surface area contributed by atoms with Gasteiger partial charge in [-0.1, -0.05) is 57.2 Å². The monoisotopic (exact) mass is 273 g/mol. The lowest BCUT2D eigenvalue weighted by molar-refractivity contribution is -0.118. The molecule has 0 saturated heterocycles. The summed E-state index contributed by atoms with van der Waals surface area (Å²) in [6.07, 6.45) is 6.23. The third kappa shape index (κ3) is 3.05. The van der Waals surface area contributed by atoms with Gasteiger partial charge in [-0.05, 0) is 37.3 Å². The Morgan fingerprint density at radius 2 is 1.95 bits per heavy atom. The summed E-state index contributed by atoms with van der Waals surface area (Å²) in [4.78, 5) is 12.3. The molecule has 0 saturated carbocycles. The van der Waals surface area contributed by atoms with Crippen LogP contribution in [0.15, 0.2) is 12.1 Å². The van der Waals surface area contributed by atoms with Crippen molar-refractivity contribution < 1.29 is 4.79 Å². The first-order chi connectivity index (χ1) is 9.54. The second-order valence-corrected chi connectivity index (χ2v) is 6.34. The van der Waals surface area contributed by atoms with Crippen molar-refractivity contribution in [3.05, 3.63) is 28.8 Å². The van der Waals surface area contributed by atoms with E-state index < -0.39 is 0 Å². The molecule has 1 aromatic carbocycles. The normalized spacial score (nSPS) is 18.8. The van der Waals surface area contributed by atoms with Crippen LogP contribution in [0.5, 0.6) is 0 Å². The Morgan fingerprint density at radius 3 is 2.65 bits per heavy atom. The maximum absolute atomic E-state index is 12.3. The molecule has 2 heteroatoms. The van der Waals surface area contributed by atoms with Gasteiger partial charge in [-0.3, -0.25) is 4.79 Å². The Bertz CT molecular complexity index is 492. The quantitative estimate of drug-likeness (QED) is 0.730. The average molecular weight is 273 g/mol. The van der Waals surface area contributed by atoms with E-state index in [2.05, 4.69) is 45.1 Å². The number of amides is 1. The first-order valence-electron chi connectivity index (χ1n) is 7.96. The van der Waals surface area contributed by atoms with Crippen molar-refractivity contribution >= 4 is 11.6 Å². The summed E-state index contributed by atoms with van der Waals surface area (Å²) in [5.41, 5.74) is 4.72. The first kappa shape index (κ1) is 15.1. The van der Waals surface area contributed by atoms with Crippen LogP contribution in [0.1, 0.15) is 68.6 Å². The molecule has 0 spiro atoms. The number of benzene rings is 1. The van der Waals surface area contributed by atoms with Gasteiger partial charge in [0.15, 0.2) is 0 Å². The molecule has 0 bridgehead atoms. The lowest BCUT2D eigenvalue weighted by Crippen LogP contribution is -2.19. The Morgan fingerprint density at radius 1 is 1.20 bits per heavy atom. The molecular weight excluding hydrogens is 246 g/mol. The van der Waals surface area contributed by atoms with Crippen LogP contribution >= 0.6 is 0 Å². The summed E-state index contributed by atoms with van der Waals surface area (Å²) >= 11 is 0. The van der Waals surface area contributed by atoms with Crippen molar-refractivity contribution in [2.75, 3.05) is 5.32 Å². The minimum Gasteiger partial charge on any atom is -0.325 e. The number of nitrogens with one attached hydrogen (secondary N) is 1. The van der Waals surface area contributed by atoms with Crippen molar-refractivity contribution in [3.63, 3.8) is 0 Å². The highest BCUT2D eigenvalue weighted by Gasteiger charge is 2.35. The molecular formula is C18H27NO. The fourth-order valence-electron chi connectivity index (χ4n) is 3.38. The SMILES string of the molecule is CCCCCCC(C)C1C(=O)Nc2c(C)cc(C)cc21. The molecule has 0 aliphatic carbocycles. The van der Waals surface area contributed by atoms with Gasteiger partial charge < -0.3 is 5.32 Å². The second-order valence-electron chi connectivity index (χ2n) is 6.34. The van der Waals surface area contributed by atoms with Gasteiger partial charge in [0.2, 0.25) is 5.91 Å². The molecule has 0 fully saturated rings. The van der Waals surface area contributed by atoms with Crippen molar-refractivity contribution in [2.24, 2.45) is 5.92 Å². The number of unbranched alkanes of at least 4 members (excludes halogenated alkanes) is 3. The van der Waals surface area contributed by atoms with Crippen LogP contribution in [0, 0.1) is 19.8 Å². The van der Waals surface area contributed by atoms with E-state index in [4.69, 9.17) is 0 Å². The number of carbonyl (C=O) groups is 1. The number of carbonyl (C=O) groups excluding carboxylic acids is 1. The Hall–Kier alpha value is -1.31. The molecule has 110 valence electrons. The molecule has 1 amide bonds. The van der Waals surface area contributed by atoms with Crippen LogP contribution in [-0.4, -0.2) is 5.91 Å². The van der Waals surface area contributed by atoms with Crippen LogP contribution in [0.3, 0.4) is 0 Å². The molecule has 1 aromatic rings. The highest BCUT2D eigenvalue weighted by molar-refractivity contribution is 6.04. The number of rotatable bonds is 6. The molecule has 2 nitrogen and oxygen atoms in total. The third-order valence-electron chi connectivity index (χ3n) is 4.46. The predicted molar refractivity (Wildman–Crippen MR) is 85.2 cm³/mol. The van der Waals surface area contributed by atoms with Crippen molar-refractivity contribution in [2.45, 2.75) is 65.7 Å². The standard InChI is InChI=1S/C18H27NO/c1-5-6-7-8-9-13(3)16-15-11-12(2)10-14(4)17(15)19-18(16)20/h10-11,13,16H,5-9H2,1-4H3,(H,19,20). The number of anilines is 1. The van der Waals surface area contributed by atoms with E-state index in [0.717, 1.165) is 12.1 Å². The van der Waals surface area contributed by atoms with E-state index in [-0.39, 0.29) is 11.8 Å². The van der Waals surface area contributed by atoms with Gasteiger partial charge in [-0.2, -0.15) is 0 Å². The fraction of sp³-hybridized carbons (Fsp3) is 0.611. The summed E-state index contributed by atoms with van der Waals surface area (Å²) in [7, 11) is 0. The number of fused-ring (bicyclic) bond motifs is 1. The van der Waals surface area contributed by atoms with Gasteiger partial charge in [0.25, 0.3) is 0 Å². The van der Waals surface area contributed by atoms with Crippen LogP contribution in [-0.2, 0) is 4.79 Å². The van der Waals surface area contributed by atoms with Gasteiger partial charge in [-0.25, -0.2) is 0 Å². The van der Waals surface area contributed by atoms with E-state index >= 15 is 0 Å². The smallest absolute Gasteiger partial charge is 0.232 e. The van der Waals surface area contributed by atoms with Crippen LogP contribution < -0.4 is 5.32 Å². The molecule has 0 aromatic heterocycles. The Balaban J connectivity index is 2.12. The maximum Gasteiger partial charge on any atom is 0.232 e. The summed E-state index contributed by atoms with van der Waals surface area (Å²) in [6.45, 7) is 8.65. The molecule has 1 aliphatic rings. The van der Waals surface area contributed by atoms with E-state index in [0.29, 0.717) is 5.92 Å². The van der Waals surface area contributed by atoms with Crippen LogP contribution in [0.25, 0.3) is 0 Å². The largest absolute Gasteiger partial charge is 0.325 e. The minimum absolute atomic E-state index is 0.0465. The lowest BCUT2D eigenvalue weighted by Gasteiger charge is -2.18. The molecule has 1 N–H and O–H groups in total. The number of hydrogen-bond donors (Lipinski definition) is 1. The Labute approximate surface area is 123 Å². The van der Waals surface area contributed by atoms with Gasteiger partial charge >= 0.3 is 0 Å². The molecule has 0 radical (unpaired) electrons. The zero-order valence-corrected chi connectivity index (χ0v) is 13.3. The molecule has 20 heavy (non-hydrogen) atoms. The zero-order valence-electron chi connectivity index (χ0n) is 13.3. The van der Waals surface area contributed by atoms with Crippen molar-refractivity contribution in [1.82, 2.24) is 0 Å². The van der Waals surface area contributed by atoms with E-state index in [1.54, 1.807) is 0 Å². The number of aryl methyl sites for hydroxylation is 2. The minimum atomic E-state index is 0.0465. The van der Waals surface area contributed by atoms with Crippen LogP contribution in [0.2, 0.25) is 0 Å². The second kappa shape index (κ2) is 6.43. The van der Waals surface area contributed by atoms with E-state index in [1.807, 2.05) is 0 Å². The lowest BCUT2D eigenvalue weighted by atomic mass is 9.84. The maximum atomic E-state index is 12.3. The van der Waals surface area contributed by atoms with Gasteiger partial charge in [0.05, 0.1) is 5.92 Å². The molecule has 2 unspecified atom stereocenters. The topological polar surface area (TPSA) is 29.1 Å². The molecule has 2 rings (SSSR count). The number of hydrogen-bond acceptors (Lipinski definition) is 1. The molecule has 1 heterocycles. The summed E-state index contributed by atoms with van der Waals surface area (Å²) in [5, 5.41) is 3.09. The Kier molecular flexibility index (Phi) is 4.85. The first-order valence-corrected chi connectivity index (χ1v) is 7.96. The van der Waals surface area contributed by atoms with E-state index in [9.17, 15) is 4.79 Å². The van der Waals surface area contributed by atoms with Gasteiger partial charge in [-0.15, -0.1) is 0 Å². The van der Waals surface area contributed by atoms with E-state index in [1.165, 1.54) is 42.4 Å². The molecule has 2 atom stereocenters. The summed E-state index contributed by atoms with van der Waals surface area (Å²) in [6, 6.07) is 4.33. The summed E-state index contributed by atoms with van der Waals surface area (Å²) in [5.74, 6) is 0.663. The van der Waals surface area contributed by atoms with Crippen LogP contribution in [0.4, 0.5) is 5.69 Å². The highest BCUT2D eigenvalue weighted by atomic mass is 16.2. The van der Waals surface area contributed by atoms with Crippen molar-refractivity contribution in [1.29, 1.82) is 0 Å². The van der Waals surface area contributed by atoms with Gasteiger partial charge in [0.1, 0.15) is 0 Å². The fourth-order valence-corrected chi connectivity index (χ4v) is 3.38. The van der Waals surface area contributed by atoms with Gasteiger partial charge in [0, 0.05) is 5.69 Å². The highest BCUT2D eigenvalue weighted by Crippen LogP contribution is 2.41. The predicted octanol–water partition coefficient (Wildman–Crippen LogP) is 4.95. The summed E-state index contributed by atoms with van der Waals surface area (Å²) < 4.78 is 0. The van der Waals surface area contributed by atoms with Crippen molar-refractivity contribution in [3.8, 4) is 0 Å². The molecule has 1 aliphatic heterocycles. The third-order valence-corrected chi connectivity index (χ3v) is 4.46. The average Bonchev–Trinajstić information content (AvgIpc) is 2.71.